The minimum absolute atomic E-state index is 0.0576. The number of carbonyl (C=O) groups is 1. The maximum absolute atomic E-state index is 13.0. The van der Waals surface area contributed by atoms with E-state index in [0.29, 0.717) is 24.2 Å². The molecule has 0 N–H and O–H groups in total. The van der Waals surface area contributed by atoms with Crippen LogP contribution in [0.2, 0.25) is 4.34 Å². The van der Waals surface area contributed by atoms with Crippen LogP contribution in [0.3, 0.4) is 0 Å². The van der Waals surface area contributed by atoms with Crippen molar-refractivity contribution in [3.63, 3.8) is 0 Å². The predicted molar refractivity (Wildman–Crippen MR) is 124 cm³/mol. The van der Waals surface area contributed by atoms with Gasteiger partial charge in [-0.05, 0) is 42.0 Å². The Kier molecular flexibility index (Phi) is 6.77. The summed E-state index contributed by atoms with van der Waals surface area (Å²) in [7, 11) is -3.46. The van der Waals surface area contributed by atoms with E-state index in [1.165, 1.54) is 4.88 Å². The number of thiophene rings is 1. The monoisotopic (exact) mass is 474 g/mol. The Balaban J connectivity index is 1.38. The van der Waals surface area contributed by atoms with Gasteiger partial charge in [-0.1, -0.05) is 41.9 Å². The van der Waals surface area contributed by atoms with E-state index < -0.39 is 9.84 Å². The highest BCUT2D eigenvalue weighted by Crippen LogP contribution is 2.23. The standard InChI is InChI=1S/C23H23ClN2O3S2/c24-22-10-9-20(30-22)16-25-11-13-26(14-12-25)23(27)19-6-4-5-18(15-19)17-31(28,29)21-7-2-1-3-8-21/h1-10,15H,11-14,16-17H2. The van der Waals surface area contributed by atoms with Crippen molar-refractivity contribution < 1.29 is 13.2 Å². The summed E-state index contributed by atoms with van der Waals surface area (Å²) in [6.45, 7) is 3.72. The molecule has 1 saturated heterocycles. The SMILES string of the molecule is O=C(c1cccc(CS(=O)(=O)c2ccccc2)c1)N1CCN(Cc2ccc(Cl)s2)CC1. The van der Waals surface area contributed by atoms with E-state index in [0.717, 1.165) is 24.0 Å². The van der Waals surface area contributed by atoms with Crippen LogP contribution in [-0.2, 0) is 22.1 Å². The van der Waals surface area contributed by atoms with E-state index >= 15 is 0 Å². The highest BCUT2D eigenvalue weighted by molar-refractivity contribution is 7.90. The zero-order valence-electron chi connectivity index (χ0n) is 16.9. The molecule has 0 radical (unpaired) electrons. The van der Waals surface area contributed by atoms with Crippen LogP contribution in [0.1, 0.15) is 20.8 Å². The number of hydrogen-bond acceptors (Lipinski definition) is 5. The summed E-state index contributed by atoms with van der Waals surface area (Å²) in [6.07, 6.45) is 0. The molecular formula is C23H23ClN2O3S2. The first-order chi connectivity index (χ1) is 14.9. The zero-order chi connectivity index (χ0) is 21.8. The van der Waals surface area contributed by atoms with Crippen molar-refractivity contribution in [1.82, 2.24) is 9.80 Å². The molecule has 2 aromatic carbocycles. The first kappa shape index (κ1) is 22.0. The number of piperazine rings is 1. The smallest absolute Gasteiger partial charge is 0.253 e. The Morgan fingerprint density at radius 1 is 0.935 bits per heavy atom. The first-order valence-electron chi connectivity index (χ1n) is 10.0. The summed E-state index contributed by atoms with van der Waals surface area (Å²) in [6, 6.07) is 19.3. The van der Waals surface area contributed by atoms with E-state index in [4.69, 9.17) is 11.6 Å². The van der Waals surface area contributed by atoms with E-state index in [9.17, 15) is 13.2 Å². The van der Waals surface area contributed by atoms with Crippen LogP contribution in [0.4, 0.5) is 0 Å². The summed E-state index contributed by atoms with van der Waals surface area (Å²) in [4.78, 5) is 18.7. The molecule has 0 unspecified atom stereocenters. The van der Waals surface area contributed by atoms with Gasteiger partial charge in [0.15, 0.2) is 9.84 Å². The molecule has 1 fully saturated rings. The predicted octanol–water partition coefficient (Wildman–Crippen LogP) is 4.33. The van der Waals surface area contributed by atoms with Gasteiger partial charge in [-0.25, -0.2) is 8.42 Å². The van der Waals surface area contributed by atoms with Crippen LogP contribution in [0.15, 0.2) is 71.6 Å². The highest BCUT2D eigenvalue weighted by atomic mass is 35.5. The van der Waals surface area contributed by atoms with Gasteiger partial charge in [-0.15, -0.1) is 11.3 Å². The van der Waals surface area contributed by atoms with Gasteiger partial charge in [0.25, 0.3) is 5.91 Å². The number of amides is 1. The lowest BCUT2D eigenvalue weighted by molar-refractivity contribution is 0.0629. The molecule has 31 heavy (non-hydrogen) atoms. The fourth-order valence-electron chi connectivity index (χ4n) is 3.67. The van der Waals surface area contributed by atoms with Crippen LogP contribution in [0.5, 0.6) is 0 Å². The normalized spacial score (nSPS) is 15.2. The molecule has 1 aliphatic rings. The van der Waals surface area contributed by atoms with Gasteiger partial charge in [0.2, 0.25) is 0 Å². The highest BCUT2D eigenvalue weighted by Gasteiger charge is 2.23. The molecule has 3 aromatic rings. The Labute approximate surface area is 191 Å². The Morgan fingerprint density at radius 2 is 1.68 bits per heavy atom. The second-order valence-electron chi connectivity index (χ2n) is 7.55. The Bertz CT molecular complexity index is 1150. The van der Waals surface area contributed by atoms with Crippen LogP contribution < -0.4 is 0 Å². The fraction of sp³-hybridized carbons (Fsp3) is 0.261. The molecular weight excluding hydrogens is 452 g/mol. The molecule has 5 nitrogen and oxygen atoms in total. The number of nitrogens with zero attached hydrogens (tertiary/aromatic N) is 2. The summed E-state index contributed by atoms with van der Waals surface area (Å²) in [5.74, 6) is -0.187. The lowest BCUT2D eigenvalue weighted by Crippen LogP contribution is -2.48. The largest absolute Gasteiger partial charge is 0.336 e. The first-order valence-corrected chi connectivity index (χ1v) is 12.9. The average molecular weight is 475 g/mol. The van der Waals surface area contributed by atoms with E-state index in [-0.39, 0.29) is 16.6 Å². The molecule has 1 aromatic heterocycles. The van der Waals surface area contributed by atoms with Gasteiger partial charge in [0, 0.05) is 43.2 Å². The third-order valence-corrected chi connectivity index (χ3v) is 8.22. The third-order valence-electron chi connectivity index (χ3n) is 5.30. The number of hydrogen-bond donors (Lipinski definition) is 0. The van der Waals surface area contributed by atoms with Crippen molar-refractivity contribution in [2.24, 2.45) is 0 Å². The van der Waals surface area contributed by atoms with Gasteiger partial charge in [-0.2, -0.15) is 0 Å². The third kappa shape index (κ3) is 5.54. The lowest BCUT2D eigenvalue weighted by atomic mass is 10.1. The fourth-order valence-corrected chi connectivity index (χ4v) is 6.16. The minimum Gasteiger partial charge on any atom is -0.336 e. The summed E-state index contributed by atoms with van der Waals surface area (Å²) in [5.41, 5.74) is 1.14. The number of sulfone groups is 1. The number of benzene rings is 2. The second kappa shape index (κ2) is 9.53. The van der Waals surface area contributed by atoms with Crippen LogP contribution in [0, 0.1) is 0 Å². The molecule has 0 aliphatic carbocycles. The van der Waals surface area contributed by atoms with Crippen molar-refractivity contribution in [2.45, 2.75) is 17.2 Å². The van der Waals surface area contributed by atoms with Gasteiger partial charge in [0.1, 0.15) is 0 Å². The van der Waals surface area contributed by atoms with Crippen LogP contribution in [0.25, 0.3) is 0 Å². The Hall–Kier alpha value is -2.19. The van der Waals surface area contributed by atoms with Gasteiger partial charge in [0.05, 0.1) is 15.0 Å². The molecule has 1 aliphatic heterocycles. The Morgan fingerprint density at radius 3 is 2.35 bits per heavy atom. The van der Waals surface area contributed by atoms with Crippen molar-refractivity contribution in [1.29, 1.82) is 0 Å². The summed E-state index contributed by atoms with van der Waals surface area (Å²) >= 11 is 7.59. The molecule has 0 saturated carbocycles. The summed E-state index contributed by atoms with van der Waals surface area (Å²) in [5, 5.41) is 0. The molecule has 8 heteroatoms. The molecule has 162 valence electrons. The molecule has 2 heterocycles. The van der Waals surface area contributed by atoms with E-state index in [2.05, 4.69) is 4.90 Å². The quantitative estimate of drug-likeness (QED) is 0.533. The van der Waals surface area contributed by atoms with Gasteiger partial charge < -0.3 is 4.90 Å². The maximum Gasteiger partial charge on any atom is 0.253 e. The van der Waals surface area contributed by atoms with Gasteiger partial charge >= 0.3 is 0 Å². The average Bonchev–Trinajstić information content (AvgIpc) is 3.19. The van der Waals surface area contributed by atoms with Crippen molar-refractivity contribution in [3.05, 3.63) is 87.1 Å². The van der Waals surface area contributed by atoms with Crippen LogP contribution >= 0.6 is 22.9 Å². The molecule has 4 rings (SSSR count). The van der Waals surface area contributed by atoms with E-state index in [1.54, 1.807) is 65.9 Å². The van der Waals surface area contributed by atoms with Crippen molar-refractivity contribution >= 4 is 38.7 Å². The molecule has 1 amide bonds. The molecule has 0 atom stereocenters. The second-order valence-corrected chi connectivity index (χ2v) is 11.3. The lowest BCUT2D eigenvalue weighted by Gasteiger charge is -2.34. The number of rotatable bonds is 6. The topological polar surface area (TPSA) is 57.7 Å². The molecule has 0 spiro atoms. The van der Waals surface area contributed by atoms with Gasteiger partial charge in [-0.3, -0.25) is 9.69 Å². The van der Waals surface area contributed by atoms with Crippen LogP contribution in [-0.4, -0.2) is 50.3 Å². The van der Waals surface area contributed by atoms with E-state index in [1.807, 2.05) is 17.0 Å². The van der Waals surface area contributed by atoms with Crippen molar-refractivity contribution in [2.75, 3.05) is 26.2 Å². The molecule has 0 bridgehead atoms. The van der Waals surface area contributed by atoms with Crippen molar-refractivity contribution in [3.8, 4) is 0 Å². The minimum atomic E-state index is -3.46. The summed E-state index contributed by atoms with van der Waals surface area (Å²) < 4.78 is 26.1. The zero-order valence-corrected chi connectivity index (χ0v) is 19.3. The number of carbonyl (C=O) groups excluding carboxylic acids is 1. The maximum atomic E-state index is 13.0. The number of halogens is 1.